The van der Waals surface area contributed by atoms with Crippen LogP contribution in [-0.4, -0.2) is 27.4 Å². The molecule has 0 fully saturated rings. The molecule has 0 aliphatic heterocycles. The van der Waals surface area contributed by atoms with Gasteiger partial charge in [0.05, 0.1) is 12.4 Å². The van der Waals surface area contributed by atoms with E-state index in [1.54, 1.807) is 12.1 Å². The predicted molar refractivity (Wildman–Crippen MR) is 91.7 cm³/mol. The molecule has 0 spiro atoms. The second kappa shape index (κ2) is 8.29. The quantitative estimate of drug-likeness (QED) is 0.728. The van der Waals surface area contributed by atoms with Crippen molar-refractivity contribution in [2.75, 3.05) is 19.0 Å². The van der Waals surface area contributed by atoms with Crippen LogP contribution in [0.15, 0.2) is 24.3 Å². The van der Waals surface area contributed by atoms with Crippen molar-refractivity contribution in [2.45, 2.75) is 40.2 Å². The fraction of sp³-hybridized carbons (Fsp3) is 0.625. The Kier molecular flexibility index (Phi) is 7.32. The van der Waals surface area contributed by atoms with E-state index in [1.165, 1.54) is 0 Å². The van der Waals surface area contributed by atoms with Gasteiger partial charge >= 0.3 is 0 Å². The highest BCUT2D eigenvalue weighted by molar-refractivity contribution is 7.89. The maximum atomic E-state index is 12.0. The molecule has 1 atom stereocenters. The van der Waals surface area contributed by atoms with Crippen LogP contribution in [0.5, 0.6) is 0 Å². The van der Waals surface area contributed by atoms with Crippen LogP contribution in [0.25, 0.3) is 0 Å². The third-order valence-electron chi connectivity index (χ3n) is 2.96. The van der Waals surface area contributed by atoms with Crippen molar-refractivity contribution in [2.24, 2.45) is 5.41 Å². The zero-order valence-electron chi connectivity index (χ0n) is 13.7. The molecule has 1 aromatic carbocycles. The van der Waals surface area contributed by atoms with Crippen LogP contribution >= 0.6 is 11.6 Å². The first-order chi connectivity index (χ1) is 10.1. The fourth-order valence-electron chi connectivity index (χ4n) is 1.88. The number of benzene rings is 1. The number of ether oxygens (including phenoxy) is 1. The molecule has 0 bridgehead atoms. The third-order valence-corrected chi connectivity index (χ3v) is 4.75. The molecular formula is C16H26ClNO3S. The van der Waals surface area contributed by atoms with Crippen molar-refractivity contribution in [3.8, 4) is 0 Å². The van der Waals surface area contributed by atoms with Gasteiger partial charge in [-0.05, 0) is 36.5 Å². The van der Waals surface area contributed by atoms with Crippen molar-refractivity contribution in [3.63, 3.8) is 0 Å². The summed E-state index contributed by atoms with van der Waals surface area (Å²) < 4.78 is 32.3. The molecule has 1 rings (SSSR count). The Morgan fingerprint density at radius 2 is 1.82 bits per heavy atom. The molecule has 126 valence electrons. The van der Waals surface area contributed by atoms with Gasteiger partial charge in [-0.25, -0.2) is 13.1 Å². The molecule has 4 nitrogen and oxygen atoms in total. The van der Waals surface area contributed by atoms with Crippen molar-refractivity contribution in [3.05, 3.63) is 34.9 Å². The van der Waals surface area contributed by atoms with E-state index in [2.05, 4.69) is 25.5 Å². The Labute approximate surface area is 139 Å². The number of halogens is 1. The molecule has 0 aliphatic rings. The molecule has 1 unspecified atom stereocenters. The van der Waals surface area contributed by atoms with E-state index in [1.807, 2.05) is 19.1 Å². The summed E-state index contributed by atoms with van der Waals surface area (Å²) in [6.07, 6.45) is 0.485. The lowest BCUT2D eigenvalue weighted by Crippen LogP contribution is -2.29. The summed E-state index contributed by atoms with van der Waals surface area (Å²) in [5, 5.41) is 0.634. The van der Waals surface area contributed by atoms with Gasteiger partial charge in [-0.15, -0.1) is 0 Å². The van der Waals surface area contributed by atoms with Crippen LogP contribution in [0, 0.1) is 5.41 Å². The van der Waals surface area contributed by atoms with E-state index in [4.69, 9.17) is 16.3 Å². The van der Waals surface area contributed by atoms with E-state index >= 15 is 0 Å². The third kappa shape index (κ3) is 8.13. The minimum Gasteiger partial charge on any atom is -0.381 e. The summed E-state index contributed by atoms with van der Waals surface area (Å²) in [5.41, 5.74) is 0.984. The first kappa shape index (κ1) is 19.4. The summed E-state index contributed by atoms with van der Waals surface area (Å²) in [4.78, 5) is 0. The molecule has 22 heavy (non-hydrogen) atoms. The van der Waals surface area contributed by atoms with Gasteiger partial charge in [-0.2, -0.15) is 0 Å². The molecule has 0 aliphatic carbocycles. The normalized spacial score (nSPS) is 14.0. The summed E-state index contributed by atoms with van der Waals surface area (Å²) in [7, 11) is -3.32. The lowest BCUT2D eigenvalue weighted by atomic mass is 9.99. The average Bonchev–Trinajstić information content (AvgIpc) is 2.36. The Morgan fingerprint density at radius 1 is 1.23 bits per heavy atom. The summed E-state index contributed by atoms with van der Waals surface area (Å²) in [6.45, 7) is 9.14. The largest absolute Gasteiger partial charge is 0.381 e. The van der Waals surface area contributed by atoms with Crippen molar-refractivity contribution < 1.29 is 13.2 Å². The fourth-order valence-corrected chi connectivity index (χ4v) is 3.29. The highest BCUT2D eigenvalue weighted by Gasteiger charge is 2.16. The number of nitrogens with one attached hydrogen (secondary N) is 1. The molecule has 0 saturated carbocycles. The van der Waals surface area contributed by atoms with Crippen LogP contribution in [0.2, 0.25) is 5.02 Å². The molecular weight excluding hydrogens is 322 g/mol. The lowest BCUT2D eigenvalue weighted by molar-refractivity contribution is 0.0720. The van der Waals surface area contributed by atoms with Crippen LogP contribution in [0.3, 0.4) is 0 Å². The van der Waals surface area contributed by atoms with Gasteiger partial charge in [-0.1, -0.05) is 44.5 Å². The standard InChI is InChI=1S/C16H26ClNO3S/c1-13(14-6-8-15(17)9-7-14)18-22(19,20)11-5-10-21-12-16(2,3)4/h6-9,13,18H,5,10-12H2,1-4H3. The van der Waals surface area contributed by atoms with Gasteiger partial charge in [0.2, 0.25) is 10.0 Å². The highest BCUT2D eigenvalue weighted by Crippen LogP contribution is 2.17. The number of hydrogen-bond acceptors (Lipinski definition) is 3. The lowest BCUT2D eigenvalue weighted by Gasteiger charge is -2.18. The van der Waals surface area contributed by atoms with E-state index in [0.717, 1.165) is 5.56 Å². The highest BCUT2D eigenvalue weighted by atomic mass is 35.5. The van der Waals surface area contributed by atoms with Crippen LogP contribution in [0.1, 0.15) is 45.7 Å². The first-order valence-electron chi connectivity index (χ1n) is 7.42. The van der Waals surface area contributed by atoms with Gasteiger partial charge in [0.1, 0.15) is 0 Å². The Hall–Kier alpha value is -0.620. The molecule has 0 heterocycles. The SMILES string of the molecule is CC(NS(=O)(=O)CCCOCC(C)(C)C)c1ccc(Cl)cc1. The van der Waals surface area contributed by atoms with Crippen LogP contribution in [0.4, 0.5) is 0 Å². The predicted octanol–water partition coefficient (Wildman–Crippen LogP) is 3.77. The number of rotatable bonds is 8. The van der Waals surface area contributed by atoms with Gasteiger partial charge in [-0.3, -0.25) is 0 Å². The summed E-state index contributed by atoms with van der Waals surface area (Å²) in [5.74, 6) is 0.0646. The van der Waals surface area contributed by atoms with Crippen molar-refractivity contribution in [1.82, 2.24) is 4.72 Å². The summed E-state index contributed by atoms with van der Waals surface area (Å²) in [6, 6.07) is 6.87. The second-order valence-electron chi connectivity index (χ2n) is 6.68. The zero-order chi connectivity index (χ0) is 16.8. The van der Waals surface area contributed by atoms with E-state index in [-0.39, 0.29) is 17.2 Å². The van der Waals surface area contributed by atoms with E-state index < -0.39 is 10.0 Å². The zero-order valence-corrected chi connectivity index (χ0v) is 15.3. The molecule has 1 N–H and O–H groups in total. The van der Waals surface area contributed by atoms with E-state index in [0.29, 0.717) is 24.7 Å². The van der Waals surface area contributed by atoms with Gasteiger partial charge in [0.15, 0.2) is 0 Å². The van der Waals surface area contributed by atoms with Crippen molar-refractivity contribution in [1.29, 1.82) is 0 Å². The molecule has 0 saturated heterocycles. The minimum absolute atomic E-state index is 0.0646. The maximum absolute atomic E-state index is 12.0. The van der Waals surface area contributed by atoms with E-state index in [9.17, 15) is 8.42 Å². The number of sulfonamides is 1. The number of hydrogen-bond donors (Lipinski definition) is 1. The maximum Gasteiger partial charge on any atom is 0.212 e. The van der Waals surface area contributed by atoms with Crippen LogP contribution < -0.4 is 4.72 Å². The average molecular weight is 348 g/mol. The van der Waals surface area contributed by atoms with Gasteiger partial charge in [0.25, 0.3) is 0 Å². The minimum atomic E-state index is -3.32. The monoisotopic (exact) mass is 347 g/mol. The first-order valence-corrected chi connectivity index (χ1v) is 9.45. The van der Waals surface area contributed by atoms with Gasteiger partial charge < -0.3 is 4.74 Å². The smallest absolute Gasteiger partial charge is 0.212 e. The second-order valence-corrected chi connectivity index (χ2v) is 8.99. The van der Waals surface area contributed by atoms with Gasteiger partial charge in [0, 0.05) is 17.7 Å². The Bertz CT molecular complexity index is 550. The molecule has 1 aromatic rings. The Balaban J connectivity index is 2.38. The van der Waals surface area contributed by atoms with Crippen molar-refractivity contribution >= 4 is 21.6 Å². The Morgan fingerprint density at radius 3 is 2.36 bits per heavy atom. The molecule has 6 heteroatoms. The molecule has 0 aromatic heterocycles. The van der Waals surface area contributed by atoms with Crippen LogP contribution in [-0.2, 0) is 14.8 Å². The molecule has 0 amide bonds. The topological polar surface area (TPSA) is 55.4 Å². The molecule has 0 radical (unpaired) electrons. The summed E-state index contributed by atoms with van der Waals surface area (Å²) >= 11 is 5.83.